The number of aromatic amines is 1. The summed E-state index contributed by atoms with van der Waals surface area (Å²) in [7, 11) is -2.95. The van der Waals surface area contributed by atoms with Crippen LogP contribution in [0.4, 0.5) is 0 Å². The summed E-state index contributed by atoms with van der Waals surface area (Å²) in [5, 5.41) is 13.0. The standard InChI is InChI=1S/C21H25BrN3O9P/c1-13(20(28)31-2)24-35(30,34-15-6-4-3-5-7-15)32-12-17-16(26)10-18(33-17)25-11-14(8-9-22)19(27)23-21(25)29/h3-9,11,13,16-18,26H,10,12H2,1-2H3,(H,24,30)(H,23,27,29)/t13-,16?,17+,18+,35?/m0/s1. The summed E-state index contributed by atoms with van der Waals surface area (Å²) < 4.78 is 36.0. The number of para-hydroxylation sites is 1. The van der Waals surface area contributed by atoms with Crippen molar-refractivity contribution in [2.24, 2.45) is 0 Å². The summed E-state index contributed by atoms with van der Waals surface area (Å²) in [4.78, 5) is 39.7. The number of H-pyrrole nitrogens is 1. The van der Waals surface area contributed by atoms with Crippen LogP contribution in [0.15, 0.2) is 51.1 Å². The average molecular weight is 574 g/mol. The van der Waals surface area contributed by atoms with Crippen molar-refractivity contribution in [3.05, 3.63) is 67.9 Å². The fourth-order valence-corrected chi connectivity index (χ4v) is 5.07. The maximum atomic E-state index is 13.4. The van der Waals surface area contributed by atoms with Gasteiger partial charge in [0.2, 0.25) is 0 Å². The van der Waals surface area contributed by atoms with Gasteiger partial charge in [-0.2, -0.15) is 5.09 Å². The lowest BCUT2D eigenvalue weighted by Crippen LogP contribution is -2.36. The van der Waals surface area contributed by atoms with Crippen LogP contribution in [0, 0.1) is 0 Å². The van der Waals surface area contributed by atoms with Crippen molar-refractivity contribution in [2.75, 3.05) is 13.7 Å². The molecule has 1 aliphatic rings. The Labute approximate surface area is 208 Å². The van der Waals surface area contributed by atoms with Gasteiger partial charge in [0.1, 0.15) is 24.1 Å². The first-order chi connectivity index (χ1) is 16.7. The van der Waals surface area contributed by atoms with Gasteiger partial charge in [-0.25, -0.2) is 9.36 Å². The molecular formula is C21H25BrN3O9P. The number of aliphatic hydroxyl groups is 1. The molecule has 3 N–H and O–H groups in total. The zero-order valence-electron chi connectivity index (χ0n) is 18.8. The number of aliphatic hydroxyl groups excluding tert-OH is 1. The van der Waals surface area contributed by atoms with Crippen LogP contribution >= 0.6 is 23.7 Å². The summed E-state index contributed by atoms with van der Waals surface area (Å²) in [5.74, 6) is -0.466. The predicted molar refractivity (Wildman–Crippen MR) is 129 cm³/mol. The van der Waals surface area contributed by atoms with Crippen molar-refractivity contribution in [3.8, 4) is 5.75 Å². The van der Waals surface area contributed by atoms with E-state index in [4.69, 9.17) is 13.8 Å². The Balaban J connectivity index is 1.75. The van der Waals surface area contributed by atoms with Crippen LogP contribution in [0.25, 0.3) is 6.08 Å². The third kappa shape index (κ3) is 7.00. The Morgan fingerprint density at radius 3 is 2.77 bits per heavy atom. The molecule has 0 amide bonds. The van der Waals surface area contributed by atoms with Gasteiger partial charge in [-0.1, -0.05) is 34.1 Å². The molecule has 0 spiro atoms. The Hall–Kier alpha value is -2.54. The van der Waals surface area contributed by atoms with Crippen LogP contribution in [0.5, 0.6) is 5.75 Å². The Bertz CT molecular complexity index is 1220. The molecule has 190 valence electrons. The highest BCUT2D eigenvalue weighted by molar-refractivity contribution is 9.11. The van der Waals surface area contributed by atoms with Crippen molar-refractivity contribution in [2.45, 2.75) is 37.8 Å². The van der Waals surface area contributed by atoms with Gasteiger partial charge in [0, 0.05) is 12.6 Å². The zero-order valence-corrected chi connectivity index (χ0v) is 21.3. The van der Waals surface area contributed by atoms with E-state index in [1.807, 2.05) is 0 Å². The van der Waals surface area contributed by atoms with Gasteiger partial charge >= 0.3 is 19.4 Å². The predicted octanol–water partition coefficient (Wildman–Crippen LogP) is 1.91. The summed E-state index contributed by atoms with van der Waals surface area (Å²) in [6, 6.07) is 7.15. The maximum Gasteiger partial charge on any atom is 0.459 e. The lowest BCUT2D eigenvalue weighted by molar-refractivity contribution is -0.142. The molecular weight excluding hydrogens is 549 g/mol. The van der Waals surface area contributed by atoms with Crippen molar-refractivity contribution in [1.82, 2.24) is 14.6 Å². The maximum absolute atomic E-state index is 13.4. The number of halogens is 1. The topological polar surface area (TPSA) is 158 Å². The number of benzene rings is 1. The monoisotopic (exact) mass is 573 g/mol. The minimum Gasteiger partial charge on any atom is -0.468 e. The molecule has 1 aromatic heterocycles. The number of methoxy groups -OCH3 is 1. The zero-order chi connectivity index (χ0) is 25.6. The highest BCUT2D eigenvalue weighted by Gasteiger charge is 2.39. The lowest BCUT2D eigenvalue weighted by atomic mass is 10.2. The van der Waals surface area contributed by atoms with Crippen LogP contribution < -0.4 is 20.9 Å². The van der Waals surface area contributed by atoms with Crippen molar-refractivity contribution >= 4 is 35.7 Å². The van der Waals surface area contributed by atoms with Gasteiger partial charge in [-0.15, -0.1) is 0 Å². The molecule has 35 heavy (non-hydrogen) atoms. The first kappa shape index (κ1) is 27.1. The van der Waals surface area contributed by atoms with Crippen molar-refractivity contribution < 1.29 is 33.0 Å². The van der Waals surface area contributed by atoms with Crippen LogP contribution in [-0.2, 0) is 23.4 Å². The Morgan fingerprint density at radius 1 is 1.40 bits per heavy atom. The first-order valence-electron chi connectivity index (χ1n) is 10.5. The first-order valence-corrected chi connectivity index (χ1v) is 12.9. The molecule has 1 fully saturated rings. The summed E-state index contributed by atoms with van der Waals surface area (Å²) >= 11 is 3.08. The molecule has 1 aliphatic heterocycles. The van der Waals surface area contributed by atoms with E-state index < -0.39 is 56.0 Å². The van der Waals surface area contributed by atoms with Gasteiger partial charge in [-0.05, 0) is 30.1 Å². The molecule has 1 saturated heterocycles. The molecule has 3 rings (SSSR count). The smallest absolute Gasteiger partial charge is 0.459 e. The van der Waals surface area contributed by atoms with Crippen molar-refractivity contribution in [1.29, 1.82) is 0 Å². The quantitative estimate of drug-likeness (QED) is 0.283. The van der Waals surface area contributed by atoms with E-state index in [1.54, 1.807) is 30.3 Å². The summed E-state index contributed by atoms with van der Waals surface area (Å²) in [6.45, 7) is 1.03. The van der Waals surface area contributed by atoms with Crippen LogP contribution in [-0.4, -0.2) is 52.6 Å². The number of hydrogen-bond acceptors (Lipinski definition) is 9. The third-order valence-corrected chi connectivity index (χ3v) is 6.94. The van der Waals surface area contributed by atoms with E-state index >= 15 is 0 Å². The fraction of sp³-hybridized carbons (Fsp3) is 0.381. The summed E-state index contributed by atoms with van der Waals surface area (Å²) in [6.07, 6.45) is -0.224. The second-order valence-electron chi connectivity index (χ2n) is 7.55. The summed E-state index contributed by atoms with van der Waals surface area (Å²) in [5.41, 5.74) is -1.10. The van der Waals surface area contributed by atoms with Crippen LogP contribution in [0.1, 0.15) is 25.1 Å². The second kappa shape index (κ2) is 11.9. The van der Waals surface area contributed by atoms with E-state index in [2.05, 4.69) is 30.7 Å². The number of carbonyl (C=O) groups excluding carboxylic acids is 1. The largest absolute Gasteiger partial charge is 0.468 e. The highest BCUT2D eigenvalue weighted by Crippen LogP contribution is 2.45. The molecule has 14 heteroatoms. The molecule has 0 saturated carbocycles. The minimum atomic E-state index is -4.14. The van der Waals surface area contributed by atoms with E-state index in [0.29, 0.717) is 0 Å². The number of aromatic nitrogens is 2. The minimum absolute atomic E-state index is 0.00722. The highest BCUT2D eigenvalue weighted by atomic mass is 79.9. The number of carbonyl (C=O) groups is 1. The Morgan fingerprint density at radius 2 is 2.11 bits per heavy atom. The molecule has 12 nitrogen and oxygen atoms in total. The van der Waals surface area contributed by atoms with Crippen LogP contribution in [0.3, 0.4) is 0 Å². The average Bonchev–Trinajstić information content (AvgIpc) is 3.19. The molecule has 0 aliphatic carbocycles. The fourth-order valence-electron chi connectivity index (χ4n) is 3.29. The van der Waals surface area contributed by atoms with E-state index in [-0.39, 0.29) is 17.7 Å². The van der Waals surface area contributed by atoms with Crippen LogP contribution in [0.2, 0.25) is 0 Å². The van der Waals surface area contributed by atoms with E-state index in [0.717, 1.165) is 4.57 Å². The number of esters is 1. The van der Waals surface area contributed by atoms with Gasteiger partial charge in [-0.3, -0.25) is 23.7 Å². The van der Waals surface area contributed by atoms with E-state index in [1.165, 1.54) is 31.3 Å². The van der Waals surface area contributed by atoms with E-state index in [9.17, 15) is 24.1 Å². The molecule has 2 unspecified atom stereocenters. The molecule has 2 aromatic rings. The lowest BCUT2D eigenvalue weighted by Gasteiger charge is -2.24. The van der Waals surface area contributed by atoms with Gasteiger partial charge in [0.05, 0.1) is 25.4 Å². The number of nitrogens with zero attached hydrogens (tertiary/aromatic N) is 1. The normalized spacial score (nSPS) is 22.6. The molecule has 2 heterocycles. The molecule has 0 bridgehead atoms. The number of ether oxygens (including phenoxy) is 2. The SMILES string of the molecule is COC(=O)[C@H](C)NP(=O)(OC[C@H]1O[C@@H](n2cc(C=CBr)c(=O)[nH]c2=O)CC1O)Oc1ccccc1. The second-order valence-corrected chi connectivity index (χ2v) is 9.77. The van der Waals surface area contributed by atoms with Gasteiger partial charge in [0.15, 0.2) is 0 Å². The Kier molecular flexibility index (Phi) is 9.22. The van der Waals surface area contributed by atoms with Crippen molar-refractivity contribution in [3.63, 3.8) is 0 Å². The third-order valence-electron chi connectivity index (χ3n) is 5.04. The molecule has 1 aromatic carbocycles. The number of rotatable bonds is 10. The number of hydrogen-bond donors (Lipinski definition) is 3. The van der Waals surface area contributed by atoms with Gasteiger partial charge in [0.25, 0.3) is 5.56 Å². The molecule has 5 atom stereocenters. The van der Waals surface area contributed by atoms with Gasteiger partial charge < -0.3 is 19.1 Å². The molecule has 0 radical (unpaired) electrons. The number of nitrogens with one attached hydrogen (secondary N) is 2.